The molecule has 1 aromatic rings. The molecule has 116 valence electrons. The summed E-state index contributed by atoms with van der Waals surface area (Å²) in [6, 6.07) is 5.17. The summed E-state index contributed by atoms with van der Waals surface area (Å²) in [5.41, 5.74) is 0.433. The van der Waals surface area contributed by atoms with E-state index in [2.05, 4.69) is 9.71 Å². The Morgan fingerprint density at radius 1 is 1.38 bits per heavy atom. The lowest BCUT2D eigenvalue weighted by Crippen LogP contribution is -2.47. The van der Waals surface area contributed by atoms with Crippen LogP contribution in [0.15, 0.2) is 24.4 Å². The molecule has 21 heavy (non-hydrogen) atoms. The van der Waals surface area contributed by atoms with E-state index >= 15 is 0 Å². The van der Waals surface area contributed by atoms with Crippen LogP contribution >= 0.6 is 0 Å². The largest absolute Gasteiger partial charge is 0.337 e. The summed E-state index contributed by atoms with van der Waals surface area (Å²) >= 11 is 0. The fraction of sp³-hybridized carbons (Fsp3) is 0.571. The van der Waals surface area contributed by atoms with E-state index in [0.717, 1.165) is 0 Å². The van der Waals surface area contributed by atoms with Gasteiger partial charge in [0.2, 0.25) is 10.0 Å². The number of pyridine rings is 1. The van der Waals surface area contributed by atoms with Crippen molar-refractivity contribution in [2.24, 2.45) is 0 Å². The third kappa shape index (κ3) is 4.50. The van der Waals surface area contributed by atoms with Crippen LogP contribution in [0.4, 0.5) is 0 Å². The molecular weight excluding hydrogens is 290 g/mol. The van der Waals surface area contributed by atoms with Gasteiger partial charge in [-0.25, -0.2) is 13.1 Å². The Morgan fingerprint density at radius 2 is 2.10 bits per heavy atom. The van der Waals surface area contributed by atoms with Crippen LogP contribution in [-0.2, 0) is 10.0 Å². The minimum absolute atomic E-state index is 0.0747. The van der Waals surface area contributed by atoms with Crippen LogP contribution < -0.4 is 4.72 Å². The molecule has 0 unspecified atom stereocenters. The van der Waals surface area contributed by atoms with Crippen LogP contribution in [0.3, 0.4) is 0 Å². The molecule has 1 aliphatic rings. The molecule has 1 aliphatic heterocycles. The molecule has 2 heterocycles. The van der Waals surface area contributed by atoms with Crippen molar-refractivity contribution < 1.29 is 13.2 Å². The van der Waals surface area contributed by atoms with Crippen molar-refractivity contribution >= 4 is 15.9 Å². The summed E-state index contributed by atoms with van der Waals surface area (Å²) < 4.78 is 26.2. The third-order valence-corrected chi connectivity index (χ3v) is 5.12. The molecule has 1 aromatic heterocycles. The Bertz CT molecular complexity index is 566. The van der Waals surface area contributed by atoms with Crippen molar-refractivity contribution in [2.45, 2.75) is 32.2 Å². The second-order valence-corrected chi connectivity index (χ2v) is 7.09. The number of hydrogen-bond acceptors (Lipinski definition) is 4. The van der Waals surface area contributed by atoms with Gasteiger partial charge in [0, 0.05) is 25.3 Å². The summed E-state index contributed by atoms with van der Waals surface area (Å²) in [7, 11) is -3.19. The van der Waals surface area contributed by atoms with Gasteiger partial charge in [-0.15, -0.1) is 0 Å². The Kier molecular flexibility index (Phi) is 5.30. The normalized spacial score (nSPS) is 16.9. The lowest BCUT2D eigenvalue weighted by molar-refractivity contribution is 0.0705. The van der Waals surface area contributed by atoms with E-state index in [1.807, 2.05) is 6.92 Å². The van der Waals surface area contributed by atoms with Crippen molar-refractivity contribution in [2.75, 3.05) is 18.8 Å². The van der Waals surface area contributed by atoms with Gasteiger partial charge in [-0.1, -0.05) is 13.0 Å². The van der Waals surface area contributed by atoms with Gasteiger partial charge < -0.3 is 4.90 Å². The maximum atomic E-state index is 12.2. The molecular formula is C14H21N3O3S. The number of carbonyl (C=O) groups excluding carboxylic acids is 1. The van der Waals surface area contributed by atoms with Crippen LogP contribution in [0.25, 0.3) is 0 Å². The molecule has 0 atom stereocenters. The number of rotatable bonds is 5. The van der Waals surface area contributed by atoms with Gasteiger partial charge in [0.05, 0.1) is 5.75 Å². The molecule has 7 heteroatoms. The second kappa shape index (κ2) is 7.00. The first-order valence-electron chi connectivity index (χ1n) is 7.22. The van der Waals surface area contributed by atoms with E-state index in [4.69, 9.17) is 0 Å². The lowest BCUT2D eigenvalue weighted by atomic mass is 10.1. The third-order valence-electron chi connectivity index (χ3n) is 3.49. The zero-order valence-electron chi connectivity index (χ0n) is 12.2. The summed E-state index contributed by atoms with van der Waals surface area (Å²) in [6.45, 7) is 2.94. The van der Waals surface area contributed by atoms with Crippen molar-refractivity contribution in [3.8, 4) is 0 Å². The number of amides is 1. The molecule has 0 radical (unpaired) electrons. The van der Waals surface area contributed by atoms with Gasteiger partial charge in [-0.2, -0.15) is 0 Å². The Morgan fingerprint density at radius 3 is 2.67 bits per heavy atom. The summed E-state index contributed by atoms with van der Waals surface area (Å²) in [5, 5.41) is 0. The zero-order chi connectivity index (χ0) is 15.3. The van der Waals surface area contributed by atoms with Gasteiger partial charge in [-0.05, 0) is 31.4 Å². The second-order valence-electron chi connectivity index (χ2n) is 5.22. The molecule has 1 N–H and O–H groups in total. The predicted octanol–water partition coefficient (Wildman–Crippen LogP) is 1.02. The van der Waals surface area contributed by atoms with Crippen LogP contribution in [0, 0.1) is 0 Å². The Hall–Kier alpha value is -1.47. The van der Waals surface area contributed by atoms with E-state index in [1.165, 1.54) is 0 Å². The molecule has 2 rings (SSSR count). The Balaban J connectivity index is 1.88. The van der Waals surface area contributed by atoms with Gasteiger partial charge in [0.15, 0.2) is 0 Å². The standard InChI is InChI=1S/C14H21N3O3S/c1-2-11-21(19,20)16-12-6-9-17(10-7-12)14(18)13-5-3-4-8-15-13/h3-5,8,12,16H,2,6-7,9-11H2,1H3. The Labute approximate surface area is 125 Å². The summed E-state index contributed by atoms with van der Waals surface area (Å²) in [6.07, 6.45) is 3.48. The molecule has 0 saturated carbocycles. The van der Waals surface area contributed by atoms with Crippen molar-refractivity contribution in [3.05, 3.63) is 30.1 Å². The number of nitrogens with one attached hydrogen (secondary N) is 1. The molecule has 0 aromatic carbocycles. The van der Waals surface area contributed by atoms with E-state index in [0.29, 0.717) is 38.0 Å². The molecule has 1 saturated heterocycles. The molecule has 0 aliphatic carbocycles. The minimum Gasteiger partial charge on any atom is -0.337 e. The minimum atomic E-state index is -3.19. The number of nitrogens with zero attached hydrogens (tertiary/aromatic N) is 2. The average molecular weight is 311 g/mol. The maximum absolute atomic E-state index is 12.2. The van der Waals surface area contributed by atoms with E-state index < -0.39 is 10.0 Å². The SMILES string of the molecule is CCCS(=O)(=O)NC1CCN(C(=O)c2ccccn2)CC1. The maximum Gasteiger partial charge on any atom is 0.272 e. The highest BCUT2D eigenvalue weighted by molar-refractivity contribution is 7.89. The van der Waals surface area contributed by atoms with Gasteiger partial charge in [0.1, 0.15) is 5.69 Å². The van der Waals surface area contributed by atoms with Crippen LogP contribution in [-0.4, -0.2) is 49.1 Å². The van der Waals surface area contributed by atoms with E-state index in [-0.39, 0.29) is 17.7 Å². The van der Waals surface area contributed by atoms with Crippen LogP contribution in [0.2, 0.25) is 0 Å². The zero-order valence-corrected chi connectivity index (χ0v) is 13.0. The number of aromatic nitrogens is 1. The highest BCUT2D eigenvalue weighted by Gasteiger charge is 2.26. The van der Waals surface area contributed by atoms with E-state index in [9.17, 15) is 13.2 Å². The number of hydrogen-bond donors (Lipinski definition) is 1. The monoisotopic (exact) mass is 311 g/mol. The molecule has 6 nitrogen and oxygen atoms in total. The number of sulfonamides is 1. The fourth-order valence-electron chi connectivity index (χ4n) is 2.43. The number of carbonyl (C=O) groups is 1. The first-order valence-corrected chi connectivity index (χ1v) is 8.87. The van der Waals surface area contributed by atoms with Gasteiger partial charge in [-0.3, -0.25) is 9.78 Å². The molecule has 0 bridgehead atoms. The van der Waals surface area contributed by atoms with Gasteiger partial charge in [0.25, 0.3) is 5.91 Å². The van der Waals surface area contributed by atoms with E-state index in [1.54, 1.807) is 29.3 Å². The van der Waals surface area contributed by atoms with Crippen LogP contribution in [0.5, 0.6) is 0 Å². The highest BCUT2D eigenvalue weighted by Crippen LogP contribution is 2.14. The summed E-state index contributed by atoms with van der Waals surface area (Å²) in [4.78, 5) is 18.0. The van der Waals surface area contributed by atoms with Crippen molar-refractivity contribution in [3.63, 3.8) is 0 Å². The predicted molar refractivity (Wildman–Crippen MR) is 80.4 cm³/mol. The summed E-state index contributed by atoms with van der Waals surface area (Å²) in [5.74, 6) is 0.0607. The quantitative estimate of drug-likeness (QED) is 0.880. The fourth-order valence-corrected chi connectivity index (χ4v) is 3.83. The number of likely N-dealkylation sites (tertiary alicyclic amines) is 1. The molecule has 0 spiro atoms. The smallest absolute Gasteiger partial charge is 0.272 e. The van der Waals surface area contributed by atoms with Crippen LogP contribution in [0.1, 0.15) is 36.7 Å². The van der Waals surface area contributed by atoms with Crippen molar-refractivity contribution in [1.29, 1.82) is 0 Å². The first kappa shape index (κ1) is 15.9. The molecule has 1 amide bonds. The first-order chi connectivity index (χ1) is 10.0. The van der Waals surface area contributed by atoms with Gasteiger partial charge >= 0.3 is 0 Å². The lowest BCUT2D eigenvalue weighted by Gasteiger charge is -2.32. The topological polar surface area (TPSA) is 79.4 Å². The highest BCUT2D eigenvalue weighted by atomic mass is 32.2. The number of piperidine rings is 1. The molecule has 1 fully saturated rings. The average Bonchev–Trinajstić information content (AvgIpc) is 2.48. The van der Waals surface area contributed by atoms with Crippen molar-refractivity contribution in [1.82, 2.24) is 14.6 Å².